The number of nitrogens with one attached hydrogen (secondary N) is 2. The molecule has 3 aromatic rings. The fraction of sp³-hybridized carbons (Fsp3) is 0.385. The van der Waals surface area contributed by atoms with Gasteiger partial charge in [-0.25, -0.2) is 9.18 Å². The molecule has 0 radical (unpaired) electrons. The van der Waals surface area contributed by atoms with Gasteiger partial charge in [0.2, 0.25) is 5.91 Å². The zero-order chi connectivity index (χ0) is 26.5. The van der Waals surface area contributed by atoms with E-state index in [9.17, 15) is 14.0 Å². The molecule has 1 unspecified atom stereocenters. The molecule has 2 aliphatic rings. The summed E-state index contributed by atoms with van der Waals surface area (Å²) in [6.45, 7) is 4.93. The summed E-state index contributed by atoms with van der Waals surface area (Å²) < 4.78 is 26.5. The summed E-state index contributed by atoms with van der Waals surface area (Å²) in [5.74, 6) is 0.957. The maximum Gasteiger partial charge on any atom is 0.325 e. The Kier molecular flexibility index (Phi) is 8.08. The second-order valence-corrected chi connectivity index (χ2v) is 10.0. The monoisotopic (exact) mass is 540 g/mol. The first kappa shape index (κ1) is 26.0. The maximum absolute atomic E-state index is 13.6. The first-order valence-corrected chi connectivity index (χ1v) is 13.5. The van der Waals surface area contributed by atoms with E-state index in [4.69, 9.17) is 9.47 Å². The summed E-state index contributed by atoms with van der Waals surface area (Å²) in [5, 5.41) is 14.2. The number of amides is 3. The van der Waals surface area contributed by atoms with Gasteiger partial charge in [-0.1, -0.05) is 18.2 Å². The molecule has 10 nitrogen and oxygen atoms in total. The minimum atomic E-state index is -0.660. The quantitative estimate of drug-likeness (QED) is 0.430. The number of ether oxygens (including phenoxy) is 2. The molecule has 1 fully saturated rings. The lowest BCUT2D eigenvalue weighted by Crippen LogP contribution is -2.35. The third-order valence-corrected chi connectivity index (χ3v) is 7.37. The molecule has 1 atom stereocenters. The Morgan fingerprint density at radius 3 is 2.53 bits per heavy atom. The molecule has 0 saturated carbocycles. The van der Waals surface area contributed by atoms with Crippen LogP contribution in [0.1, 0.15) is 38.1 Å². The van der Waals surface area contributed by atoms with Crippen LogP contribution < -0.4 is 20.1 Å². The lowest BCUT2D eigenvalue weighted by Gasteiger charge is -2.31. The van der Waals surface area contributed by atoms with Crippen LogP contribution in [0.4, 0.5) is 14.9 Å². The number of thioether (sulfide) groups is 1. The average molecular weight is 541 g/mol. The first-order chi connectivity index (χ1) is 18.5. The van der Waals surface area contributed by atoms with Crippen LogP contribution in [0.3, 0.4) is 0 Å². The molecule has 38 heavy (non-hydrogen) atoms. The van der Waals surface area contributed by atoms with Crippen LogP contribution in [0.15, 0.2) is 47.6 Å². The minimum absolute atomic E-state index is 0.00666. The van der Waals surface area contributed by atoms with E-state index < -0.39 is 11.9 Å². The summed E-state index contributed by atoms with van der Waals surface area (Å²) in [6, 6.07) is 10.4. The van der Waals surface area contributed by atoms with E-state index in [-0.39, 0.29) is 17.6 Å². The van der Waals surface area contributed by atoms with Gasteiger partial charge in [0.1, 0.15) is 19.0 Å². The lowest BCUT2D eigenvalue weighted by atomic mass is 10.1. The van der Waals surface area contributed by atoms with Crippen molar-refractivity contribution >= 4 is 29.4 Å². The van der Waals surface area contributed by atoms with Crippen LogP contribution in [0.25, 0.3) is 5.69 Å². The van der Waals surface area contributed by atoms with E-state index >= 15 is 0 Å². The molecule has 0 spiro atoms. The highest BCUT2D eigenvalue weighted by molar-refractivity contribution is 7.99. The van der Waals surface area contributed by atoms with Gasteiger partial charge in [-0.2, -0.15) is 0 Å². The highest BCUT2D eigenvalue weighted by atomic mass is 32.2. The SMILES string of the molecule is CC(c1nnc(SCC(=O)NC(=O)Nc2ccc3c(c2)OCCO3)n1-c1ccc(F)cc1)N1CCCCC1. The third-order valence-electron chi connectivity index (χ3n) is 6.44. The molecule has 3 amide bonds. The van der Waals surface area contributed by atoms with Gasteiger partial charge in [0.15, 0.2) is 22.5 Å². The van der Waals surface area contributed by atoms with Gasteiger partial charge in [0, 0.05) is 17.4 Å². The Morgan fingerprint density at radius 2 is 1.76 bits per heavy atom. The van der Waals surface area contributed by atoms with Gasteiger partial charge in [-0.15, -0.1) is 10.2 Å². The van der Waals surface area contributed by atoms with Gasteiger partial charge in [-0.05, 0) is 69.3 Å². The predicted molar refractivity (Wildman–Crippen MR) is 140 cm³/mol. The molecule has 2 N–H and O–H groups in total. The van der Waals surface area contributed by atoms with Crippen molar-refractivity contribution in [1.82, 2.24) is 25.0 Å². The summed E-state index contributed by atoms with van der Waals surface area (Å²) in [5.41, 5.74) is 1.18. The Hall–Kier alpha value is -3.64. The Bertz CT molecular complexity index is 1300. The Labute approximate surface area is 223 Å². The number of benzene rings is 2. The number of rotatable bonds is 7. The summed E-state index contributed by atoms with van der Waals surface area (Å²) in [6.07, 6.45) is 3.47. The highest BCUT2D eigenvalue weighted by Gasteiger charge is 2.26. The Balaban J connectivity index is 1.25. The molecule has 0 bridgehead atoms. The number of anilines is 1. The minimum Gasteiger partial charge on any atom is -0.486 e. The fourth-order valence-electron chi connectivity index (χ4n) is 4.52. The van der Waals surface area contributed by atoms with E-state index in [0.29, 0.717) is 41.2 Å². The van der Waals surface area contributed by atoms with E-state index in [1.807, 2.05) is 4.57 Å². The van der Waals surface area contributed by atoms with Crippen LogP contribution in [0.5, 0.6) is 11.5 Å². The smallest absolute Gasteiger partial charge is 0.325 e. The van der Waals surface area contributed by atoms with Crippen LogP contribution in [0, 0.1) is 5.82 Å². The molecule has 12 heteroatoms. The number of halogens is 1. The molecule has 3 heterocycles. The summed E-state index contributed by atoms with van der Waals surface area (Å²) in [4.78, 5) is 27.3. The number of fused-ring (bicyclic) bond motifs is 1. The van der Waals surface area contributed by atoms with Crippen LogP contribution in [-0.2, 0) is 4.79 Å². The molecule has 2 aromatic carbocycles. The molecule has 0 aliphatic carbocycles. The van der Waals surface area contributed by atoms with Crippen LogP contribution in [0.2, 0.25) is 0 Å². The highest BCUT2D eigenvalue weighted by Crippen LogP contribution is 2.33. The van der Waals surface area contributed by atoms with Crippen molar-refractivity contribution in [3.63, 3.8) is 0 Å². The molecular weight excluding hydrogens is 511 g/mol. The van der Waals surface area contributed by atoms with Crippen molar-refractivity contribution in [2.75, 3.05) is 37.4 Å². The fourth-order valence-corrected chi connectivity index (χ4v) is 5.28. The van der Waals surface area contributed by atoms with E-state index in [1.165, 1.54) is 18.6 Å². The molecule has 1 aromatic heterocycles. The van der Waals surface area contributed by atoms with E-state index in [2.05, 4.69) is 32.7 Å². The van der Waals surface area contributed by atoms with Crippen molar-refractivity contribution in [3.8, 4) is 17.2 Å². The van der Waals surface area contributed by atoms with Gasteiger partial charge >= 0.3 is 6.03 Å². The molecule has 2 aliphatic heterocycles. The zero-order valence-corrected chi connectivity index (χ0v) is 21.8. The molecule has 5 rings (SSSR count). The van der Waals surface area contributed by atoms with Gasteiger partial charge in [0.25, 0.3) is 0 Å². The van der Waals surface area contributed by atoms with Gasteiger partial charge in [0.05, 0.1) is 11.8 Å². The Morgan fingerprint density at radius 1 is 1.03 bits per heavy atom. The number of hydrogen-bond donors (Lipinski definition) is 2. The second-order valence-electron chi connectivity index (χ2n) is 9.07. The van der Waals surface area contributed by atoms with Crippen molar-refractivity contribution in [2.24, 2.45) is 0 Å². The van der Waals surface area contributed by atoms with Crippen molar-refractivity contribution in [3.05, 3.63) is 54.1 Å². The molecular formula is C26H29FN6O4S. The van der Waals surface area contributed by atoms with Gasteiger partial charge in [-0.3, -0.25) is 19.6 Å². The van der Waals surface area contributed by atoms with Crippen LogP contribution in [-0.4, -0.2) is 63.7 Å². The number of carbonyl (C=O) groups excluding carboxylic acids is 2. The van der Waals surface area contributed by atoms with Gasteiger partial charge < -0.3 is 14.8 Å². The number of nitrogens with zero attached hydrogens (tertiary/aromatic N) is 4. The van der Waals surface area contributed by atoms with Crippen molar-refractivity contribution in [1.29, 1.82) is 0 Å². The number of aromatic nitrogens is 3. The standard InChI is InChI=1S/C26H29FN6O4S/c1-17(32-11-3-2-4-12-32)24-30-31-26(33(24)20-8-5-18(27)6-9-20)38-16-23(34)29-25(35)28-19-7-10-21-22(15-19)37-14-13-36-21/h5-10,15,17H,2-4,11-14,16H2,1H3,(H2,28,29,34,35). The number of piperidine rings is 1. The maximum atomic E-state index is 13.6. The third kappa shape index (κ3) is 6.08. The van der Waals surface area contributed by atoms with Crippen molar-refractivity contribution in [2.45, 2.75) is 37.4 Å². The first-order valence-electron chi connectivity index (χ1n) is 12.6. The van der Waals surface area contributed by atoms with Crippen molar-refractivity contribution < 1.29 is 23.5 Å². The average Bonchev–Trinajstić information content (AvgIpc) is 3.36. The predicted octanol–water partition coefficient (Wildman–Crippen LogP) is 4.16. The summed E-state index contributed by atoms with van der Waals surface area (Å²) >= 11 is 1.15. The van der Waals surface area contributed by atoms with E-state index in [1.54, 1.807) is 30.3 Å². The summed E-state index contributed by atoms with van der Waals surface area (Å²) in [7, 11) is 0. The normalized spacial score (nSPS) is 16.1. The number of carbonyl (C=O) groups is 2. The number of imide groups is 1. The number of likely N-dealkylation sites (tertiary alicyclic amines) is 1. The zero-order valence-electron chi connectivity index (χ0n) is 21.0. The molecule has 200 valence electrons. The molecule has 1 saturated heterocycles. The topological polar surface area (TPSA) is 111 Å². The van der Waals surface area contributed by atoms with E-state index in [0.717, 1.165) is 43.5 Å². The number of urea groups is 1. The van der Waals surface area contributed by atoms with Crippen LogP contribution >= 0.6 is 11.8 Å². The second kappa shape index (κ2) is 11.8. The number of hydrogen-bond acceptors (Lipinski definition) is 8. The largest absolute Gasteiger partial charge is 0.486 e. The lowest BCUT2D eigenvalue weighted by molar-refractivity contribution is -0.117.